The van der Waals surface area contributed by atoms with Gasteiger partial charge in [-0.3, -0.25) is 4.57 Å². The van der Waals surface area contributed by atoms with Crippen LogP contribution in [0.25, 0.3) is 16.0 Å². The molecule has 0 amide bonds. The number of aromatic nitrogens is 2. The zero-order valence-electron chi connectivity index (χ0n) is 9.05. The third-order valence-electron chi connectivity index (χ3n) is 2.71. The molecule has 0 radical (unpaired) electrons. The van der Waals surface area contributed by atoms with Gasteiger partial charge in [-0.15, -0.1) is 11.3 Å². The topological polar surface area (TPSA) is 17.8 Å². The summed E-state index contributed by atoms with van der Waals surface area (Å²) in [5, 5.41) is 4.44. The summed E-state index contributed by atoms with van der Waals surface area (Å²) < 4.78 is 2.15. The van der Waals surface area contributed by atoms with Crippen LogP contribution in [-0.2, 0) is 6.42 Å². The molecule has 3 rings (SSSR count). The molecule has 2 aromatic heterocycles. The van der Waals surface area contributed by atoms with Gasteiger partial charge in [0.15, 0.2) is 5.13 Å². The molecule has 0 fully saturated rings. The van der Waals surface area contributed by atoms with Gasteiger partial charge < -0.3 is 0 Å². The Morgan fingerprint density at radius 1 is 1.25 bits per heavy atom. The third kappa shape index (κ3) is 1.44. The molecule has 0 aliphatic heterocycles. The van der Waals surface area contributed by atoms with Gasteiger partial charge >= 0.3 is 0 Å². The smallest absolute Gasteiger partial charge is 0.194 e. The Balaban J connectivity index is 2.18. The van der Waals surface area contributed by atoms with Crippen LogP contribution in [0.3, 0.4) is 0 Å². The van der Waals surface area contributed by atoms with Gasteiger partial charge in [0.2, 0.25) is 0 Å². The molecule has 0 aliphatic rings. The van der Waals surface area contributed by atoms with E-state index in [1.165, 1.54) is 10.9 Å². The molecule has 3 aromatic rings. The molecule has 0 bridgehead atoms. The van der Waals surface area contributed by atoms with Crippen LogP contribution in [0.5, 0.6) is 0 Å². The monoisotopic (exact) mass is 228 g/mol. The number of nitrogens with zero attached hydrogens (tertiary/aromatic N) is 2. The predicted octanol–water partition coefficient (Wildman–Crippen LogP) is 3.65. The van der Waals surface area contributed by atoms with Gasteiger partial charge in [-0.25, -0.2) is 4.98 Å². The number of fused-ring (bicyclic) bond motifs is 1. The van der Waals surface area contributed by atoms with Gasteiger partial charge in [0, 0.05) is 17.0 Å². The van der Waals surface area contributed by atoms with Crippen molar-refractivity contribution in [3.05, 3.63) is 47.6 Å². The summed E-state index contributed by atoms with van der Waals surface area (Å²) in [5.41, 5.74) is 2.39. The van der Waals surface area contributed by atoms with E-state index in [9.17, 15) is 0 Å². The summed E-state index contributed by atoms with van der Waals surface area (Å²) in [6.07, 6.45) is 3.08. The largest absolute Gasteiger partial charge is 0.293 e. The van der Waals surface area contributed by atoms with E-state index in [0.29, 0.717) is 0 Å². The highest BCUT2D eigenvalue weighted by Crippen LogP contribution is 2.22. The second kappa shape index (κ2) is 3.76. The molecule has 2 heterocycles. The van der Waals surface area contributed by atoms with Crippen molar-refractivity contribution in [3.63, 3.8) is 0 Å². The fraction of sp³-hybridized carbons (Fsp3) is 0.154. The van der Waals surface area contributed by atoms with Crippen molar-refractivity contribution in [3.8, 4) is 5.13 Å². The maximum absolute atomic E-state index is 4.60. The minimum Gasteiger partial charge on any atom is -0.293 e. The Morgan fingerprint density at radius 2 is 2.12 bits per heavy atom. The van der Waals surface area contributed by atoms with Gasteiger partial charge in [0.1, 0.15) is 0 Å². The van der Waals surface area contributed by atoms with Crippen molar-refractivity contribution in [1.29, 1.82) is 0 Å². The van der Waals surface area contributed by atoms with E-state index in [1.807, 2.05) is 0 Å². The van der Waals surface area contributed by atoms with Crippen LogP contribution < -0.4 is 0 Å². The van der Waals surface area contributed by atoms with Gasteiger partial charge in [0.25, 0.3) is 0 Å². The Labute approximate surface area is 98.2 Å². The molecule has 80 valence electrons. The molecular weight excluding hydrogens is 216 g/mol. The van der Waals surface area contributed by atoms with Crippen molar-refractivity contribution in [2.75, 3.05) is 0 Å². The third-order valence-corrected chi connectivity index (χ3v) is 3.60. The molecule has 0 saturated heterocycles. The van der Waals surface area contributed by atoms with Crippen LogP contribution in [0.1, 0.15) is 12.6 Å². The summed E-state index contributed by atoms with van der Waals surface area (Å²) >= 11 is 1.70. The SMILES string of the molecule is CCc1csc(-n2ccc3ccccc32)n1. The lowest BCUT2D eigenvalue weighted by molar-refractivity contribution is 1.01. The molecule has 0 aliphatic carbocycles. The molecule has 0 saturated carbocycles. The van der Waals surface area contributed by atoms with Crippen LogP contribution >= 0.6 is 11.3 Å². The Hall–Kier alpha value is -1.61. The quantitative estimate of drug-likeness (QED) is 0.654. The Kier molecular flexibility index (Phi) is 2.26. The number of benzene rings is 1. The number of hydrogen-bond donors (Lipinski definition) is 0. The number of thiazole rings is 1. The molecular formula is C13H12N2S. The molecule has 1 aromatic carbocycles. The highest BCUT2D eigenvalue weighted by Gasteiger charge is 2.05. The lowest BCUT2D eigenvalue weighted by atomic mass is 10.2. The fourth-order valence-electron chi connectivity index (χ4n) is 1.82. The number of aryl methyl sites for hydroxylation is 1. The van der Waals surface area contributed by atoms with E-state index >= 15 is 0 Å². The van der Waals surface area contributed by atoms with Crippen LogP contribution in [0.2, 0.25) is 0 Å². The fourth-order valence-corrected chi connectivity index (χ4v) is 2.72. The minimum absolute atomic E-state index is 0.996. The van der Waals surface area contributed by atoms with E-state index in [0.717, 1.165) is 17.2 Å². The molecule has 0 atom stereocenters. The van der Waals surface area contributed by atoms with Crippen LogP contribution in [0, 0.1) is 0 Å². The molecule has 0 N–H and O–H groups in total. The minimum atomic E-state index is 0.996. The van der Waals surface area contributed by atoms with Gasteiger partial charge in [-0.1, -0.05) is 25.1 Å². The predicted molar refractivity (Wildman–Crippen MR) is 68.3 cm³/mol. The average Bonchev–Trinajstić information content (AvgIpc) is 2.94. The Morgan fingerprint density at radius 3 is 2.94 bits per heavy atom. The average molecular weight is 228 g/mol. The molecule has 2 nitrogen and oxygen atoms in total. The number of hydrogen-bond acceptors (Lipinski definition) is 2. The maximum Gasteiger partial charge on any atom is 0.194 e. The zero-order valence-corrected chi connectivity index (χ0v) is 9.87. The summed E-state index contributed by atoms with van der Waals surface area (Å²) in [5.74, 6) is 0. The van der Waals surface area contributed by atoms with Crippen LogP contribution in [0.15, 0.2) is 41.9 Å². The van der Waals surface area contributed by atoms with Crippen LogP contribution in [-0.4, -0.2) is 9.55 Å². The highest BCUT2D eigenvalue weighted by molar-refractivity contribution is 7.12. The summed E-state index contributed by atoms with van der Waals surface area (Å²) in [7, 11) is 0. The summed E-state index contributed by atoms with van der Waals surface area (Å²) in [4.78, 5) is 4.60. The number of rotatable bonds is 2. The summed E-state index contributed by atoms with van der Waals surface area (Å²) in [6.45, 7) is 2.13. The molecule has 0 unspecified atom stereocenters. The first kappa shape index (κ1) is 9.60. The first-order valence-corrected chi connectivity index (χ1v) is 6.27. The first-order chi connectivity index (χ1) is 7.88. The maximum atomic E-state index is 4.60. The first-order valence-electron chi connectivity index (χ1n) is 5.39. The van der Waals surface area contributed by atoms with E-state index in [-0.39, 0.29) is 0 Å². The summed E-state index contributed by atoms with van der Waals surface area (Å²) in [6, 6.07) is 10.5. The van der Waals surface area contributed by atoms with E-state index in [2.05, 4.69) is 58.4 Å². The van der Waals surface area contributed by atoms with Gasteiger partial charge in [0.05, 0.1) is 11.2 Å². The van der Waals surface area contributed by atoms with Crippen molar-refractivity contribution >= 4 is 22.2 Å². The zero-order chi connectivity index (χ0) is 11.0. The van der Waals surface area contributed by atoms with E-state index < -0.39 is 0 Å². The van der Waals surface area contributed by atoms with Gasteiger partial charge in [-0.2, -0.15) is 0 Å². The van der Waals surface area contributed by atoms with Crippen LogP contribution in [0.4, 0.5) is 0 Å². The number of para-hydroxylation sites is 1. The standard InChI is InChI=1S/C13H12N2S/c1-2-11-9-16-13(14-11)15-8-7-10-5-3-4-6-12(10)15/h3-9H,2H2,1H3. The molecule has 16 heavy (non-hydrogen) atoms. The molecule has 3 heteroatoms. The second-order valence-corrected chi connectivity index (χ2v) is 4.56. The van der Waals surface area contributed by atoms with Gasteiger partial charge in [-0.05, 0) is 18.6 Å². The van der Waals surface area contributed by atoms with Crippen molar-refractivity contribution in [1.82, 2.24) is 9.55 Å². The van der Waals surface area contributed by atoms with Crippen molar-refractivity contribution in [2.45, 2.75) is 13.3 Å². The van der Waals surface area contributed by atoms with E-state index in [4.69, 9.17) is 0 Å². The van der Waals surface area contributed by atoms with Crippen molar-refractivity contribution in [2.24, 2.45) is 0 Å². The highest BCUT2D eigenvalue weighted by atomic mass is 32.1. The lowest BCUT2D eigenvalue weighted by Crippen LogP contribution is -1.91. The lowest BCUT2D eigenvalue weighted by Gasteiger charge is -1.99. The normalized spacial score (nSPS) is 11.1. The molecule has 0 spiro atoms. The Bertz CT molecular complexity index is 621. The van der Waals surface area contributed by atoms with E-state index in [1.54, 1.807) is 11.3 Å². The van der Waals surface area contributed by atoms with Crippen molar-refractivity contribution < 1.29 is 0 Å². The second-order valence-electron chi connectivity index (χ2n) is 3.72.